The first-order chi connectivity index (χ1) is 13.0. The minimum Gasteiger partial charge on any atom is -0.469 e. The Morgan fingerprint density at radius 3 is 2.39 bits per heavy atom. The Balaban J connectivity index is 2.59. The molecule has 0 spiro atoms. The predicted molar refractivity (Wildman–Crippen MR) is 96.2 cm³/mol. The molecular formula is C18H30F3N3O4. The number of piperidine rings is 1. The highest BCUT2D eigenvalue weighted by Crippen LogP contribution is 2.35. The minimum absolute atomic E-state index is 0.0156. The Labute approximate surface area is 163 Å². The number of hydrogen-bond acceptors (Lipinski definition) is 5. The summed E-state index contributed by atoms with van der Waals surface area (Å²) in [4.78, 5) is 36.7. The van der Waals surface area contributed by atoms with Crippen LogP contribution < -0.4 is 10.6 Å². The fraction of sp³-hybridized carbons (Fsp3) is 0.833. The molecule has 2 amide bonds. The molecule has 1 rings (SSSR count). The van der Waals surface area contributed by atoms with Crippen molar-refractivity contribution in [3.8, 4) is 0 Å². The van der Waals surface area contributed by atoms with E-state index in [0.29, 0.717) is 0 Å². The summed E-state index contributed by atoms with van der Waals surface area (Å²) in [6.45, 7) is 3.77. The monoisotopic (exact) mass is 409 g/mol. The van der Waals surface area contributed by atoms with Crippen LogP contribution in [0.2, 0.25) is 0 Å². The van der Waals surface area contributed by atoms with Crippen LogP contribution in [0.1, 0.15) is 39.5 Å². The van der Waals surface area contributed by atoms with Crippen molar-refractivity contribution in [3.63, 3.8) is 0 Å². The smallest absolute Gasteiger partial charge is 0.404 e. The van der Waals surface area contributed by atoms with Gasteiger partial charge in [-0.15, -0.1) is 0 Å². The first-order valence-corrected chi connectivity index (χ1v) is 9.40. The van der Waals surface area contributed by atoms with Crippen LogP contribution in [0.5, 0.6) is 0 Å². The van der Waals surface area contributed by atoms with Crippen LogP contribution in [-0.4, -0.2) is 68.2 Å². The van der Waals surface area contributed by atoms with Gasteiger partial charge in [0.2, 0.25) is 11.8 Å². The molecule has 2 unspecified atom stereocenters. The van der Waals surface area contributed by atoms with Gasteiger partial charge in [-0.3, -0.25) is 19.3 Å². The number of halogens is 3. The molecule has 10 heteroatoms. The third kappa shape index (κ3) is 6.96. The summed E-state index contributed by atoms with van der Waals surface area (Å²) in [7, 11) is 2.64. The summed E-state index contributed by atoms with van der Waals surface area (Å²) < 4.78 is 44.7. The van der Waals surface area contributed by atoms with Crippen molar-refractivity contribution < 1.29 is 32.3 Å². The van der Waals surface area contributed by atoms with E-state index in [4.69, 9.17) is 0 Å². The van der Waals surface area contributed by atoms with Gasteiger partial charge in [0.25, 0.3) is 0 Å². The highest BCUT2D eigenvalue weighted by Gasteiger charge is 2.47. The van der Waals surface area contributed by atoms with Crippen LogP contribution in [0, 0.1) is 11.8 Å². The van der Waals surface area contributed by atoms with Gasteiger partial charge in [0.15, 0.2) is 0 Å². The average Bonchev–Trinajstić information content (AvgIpc) is 2.63. The number of rotatable bonds is 8. The second-order valence-electron chi connectivity index (χ2n) is 7.34. The van der Waals surface area contributed by atoms with Crippen molar-refractivity contribution >= 4 is 17.8 Å². The Hall–Kier alpha value is -1.84. The maximum Gasteiger partial charge on any atom is 0.404 e. The van der Waals surface area contributed by atoms with Gasteiger partial charge in [-0.05, 0) is 38.3 Å². The van der Waals surface area contributed by atoms with Crippen molar-refractivity contribution in [2.75, 3.05) is 27.2 Å². The lowest BCUT2D eigenvalue weighted by atomic mass is 9.90. The van der Waals surface area contributed by atoms with Gasteiger partial charge in [-0.2, -0.15) is 13.2 Å². The van der Waals surface area contributed by atoms with Crippen LogP contribution >= 0.6 is 0 Å². The molecule has 1 saturated heterocycles. The standard InChI is InChI=1S/C18H30F3N3O4/c1-11(2)15(16(26)22-3)23-14(25)6-5-8-24-9-7-12(17(27)28-4)10-13(24)18(19,20)21/h11-13,15H,5-10H2,1-4H3,(H,22,26)(H,23,25)/t12?,13?,15-/m0/s1. The largest absolute Gasteiger partial charge is 0.469 e. The topological polar surface area (TPSA) is 87.7 Å². The van der Waals surface area contributed by atoms with E-state index in [1.54, 1.807) is 13.8 Å². The maximum absolute atomic E-state index is 13.4. The van der Waals surface area contributed by atoms with Gasteiger partial charge in [-0.25, -0.2) is 0 Å². The molecule has 0 radical (unpaired) electrons. The summed E-state index contributed by atoms with van der Waals surface area (Å²) in [5.74, 6) is -2.20. The first kappa shape index (κ1) is 24.2. The number of amides is 2. The van der Waals surface area contributed by atoms with Gasteiger partial charge in [0.1, 0.15) is 12.1 Å². The van der Waals surface area contributed by atoms with Crippen molar-refractivity contribution in [1.82, 2.24) is 15.5 Å². The number of esters is 1. The number of methoxy groups -OCH3 is 1. The van der Waals surface area contributed by atoms with E-state index in [2.05, 4.69) is 15.4 Å². The molecule has 0 aliphatic carbocycles. The van der Waals surface area contributed by atoms with Crippen molar-refractivity contribution in [2.45, 2.75) is 57.8 Å². The van der Waals surface area contributed by atoms with Gasteiger partial charge < -0.3 is 15.4 Å². The number of carbonyl (C=O) groups is 3. The third-order valence-electron chi connectivity index (χ3n) is 4.99. The van der Waals surface area contributed by atoms with E-state index in [0.717, 1.165) is 0 Å². The second-order valence-corrected chi connectivity index (χ2v) is 7.34. The number of nitrogens with zero attached hydrogens (tertiary/aromatic N) is 1. The molecule has 0 aromatic carbocycles. The van der Waals surface area contributed by atoms with Crippen LogP contribution in [-0.2, 0) is 19.1 Å². The van der Waals surface area contributed by atoms with Crippen LogP contribution in [0.25, 0.3) is 0 Å². The van der Waals surface area contributed by atoms with Crippen molar-refractivity contribution in [1.29, 1.82) is 0 Å². The Bertz CT molecular complexity index is 555. The van der Waals surface area contributed by atoms with E-state index in [9.17, 15) is 27.6 Å². The van der Waals surface area contributed by atoms with E-state index in [1.165, 1.54) is 19.1 Å². The highest BCUT2D eigenvalue weighted by molar-refractivity contribution is 5.87. The van der Waals surface area contributed by atoms with Crippen molar-refractivity contribution in [3.05, 3.63) is 0 Å². The number of likely N-dealkylation sites (tertiary alicyclic amines) is 1. The number of carbonyl (C=O) groups excluding carboxylic acids is 3. The molecule has 7 nitrogen and oxygen atoms in total. The van der Waals surface area contributed by atoms with Crippen molar-refractivity contribution in [2.24, 2.45) is 11.8 Å². The average molecular weight is 409 g/mol. The highest BCUT2D eigenvalue weighted by atomic mass is 19.4. The molecule has 1 heterocycles. The minimum atomic E-state index is -4.46. The van der Waals surface area contributed by atoms with Crippen LogP contribution in [0.15, 0.2) is 0 Å². The first-order valence-electron chi connectivity index (χ1n) is 9.40. The maximum atomic E-state index is 13.4. The summed E-state index contributed by atoms with van der Waals surface area (Å²) in [5, 5.41) is 5.10. The molecule has 1 aliphatic rings. The van der Waals surface area contributed by atoms with Gasteiger partial charge in [0, 0.05) is 13.5 Å². The van der Waals surface area contributed by atoms with Crippen LogP contribution in [0.3, 0.4) is 0 Å². The van der Waals surface area contributed by atoms with E-state index in [-0.39, 0.29) is 56.5 Å². The number of hydrogen-bond donors (Lipinski definition) is 2. The number of nitrogens with one attached hydrogen (secondary N) is 2. The molecule has 1 fully saturated rings. The zero-order valence-corrected chi connectivity index (χ0v) is 16.8. The van der Waals surface area contributed by atoms with Crippen LogP contribution in [0.4, 0.5) is 13.2 Å². The predicted octanol–water partition coefficient (Wildman–Crippen LogP) is 1.47. The lowest BCUT2D eigenvalue weighted by molar-refractivity contribution is -0.198. The molecule has 28 heavy (non-hydrogen) atoms. The molecule has 2 N–H and O–H groups in total. The molecule has 1 aliphatic heterocycles. The summed E-state index contributed by atoms with van der Waals surface area (Å²) in [6, 6.07) is -2.42. The van der Waals surface area contributed by atoms with E-state index >= 15 is 0 Å². The zero-order valence-electron chi connectivity index (χ0n) is 16.8. The fourth-order valence-electron chi connectivity index (χ4n) is 3.38. The molecule has 3 atom stereocenters. The normalized spacial score (nSPS) is 21.9. The Kier molecular flexibility index (Phi) is 9.19. The lowest BCUT2D eigenvalue weighted by Crippen LogP contribution is -2.52. The molecule has 162 valence electrons. The molecule has 0 bridgehead atoms. The molecule has 0 aromatic heterocycles. The van der Waals surface area contributed by atoms with Gasteiger partial charge in [-0.1, -0.05) is 13.8 Å². The molecule has 0 aromatic rings. The zero-order chi connectivity index (χ0) is 21.5. The van der Waals surface area contributed by atoms with E-state index < -0.39 is 30.1 Å². The molecule has 0 saturated carbocycles. The summed E-state index contributed by atoms with van der Waals surface area (Å²) in [6.07, 6.45) is -4.27. The quantitative estimate of drug-likeness (QED) is 0.593. The Morgan fingerprint density at radius 2 is 1.89 bits per heavy atom. The summed E-state index contributed by atoms with van der Waals surface area (Å²) in [5.41, 5.74) is 0. The lowest BCUT2D eigenvalue weighted by Gasteiger charge is -2.39. The number of ether oxygens (including phenoxy) is 1. The second kappa shape index (κ2) is 10.6. The third-order valence-corrected chi connectivity index (χ3v) is 4.99. The fourth-order valence-corrected chi connectivity index (χ4v) is 3.38. The number of likely N-dealkylation sites (N-methyl/N-ethyl adjacent to an activating group) is 1. The van der Waals surface area contributed by atoms with Gasteiger partial charge >= 0.3 is 12.1 Å². The SMILES string of the molecule is CNC(=O)[C@@H](NC(=O)CCCN1CCC(C(=O)OC)CC1C(F)(F)F)C(C)C. The molecular weight excluding hydrogens is 379 g/mol. The summed E-state index contributed by atoms with van der Waals surface area (Å²) >= 11 is 0. The van der Waals surface area contributed by atoms with Gasteiger partial charge in [0.05, 0.1) is 13.0 Å². The Morgan fingerprint density at radius 1 is 1.25 bits per heavy atom. The number of alkyl halides is 3. The van der Waals surface area contributed by atoms with E-state index in [1.807, 2.05) is 0 Å².